The zero-order valence-electron chi connectivity index (χ0n) is 19.0. The van der Waals surface area contributed by atoms with Gasteiger partial charge in [-0.05, 0) is 54.7 Å². The first-order chi connectivity index (χ1) is 15.8. The highest BCUT2D eigenvalue weighted by molar-refractivity contribution is 7.92. The second kappa shape index (κ2) is 11.8. The standard InChI is InChI=1S/C26H31ClO5S/c1-32-26-15-12-21(27)17-24(26)25(29)9-5-8-19-10-13-23(14-11-19)33(30,31)18-22(28)16-20-6-3-2-4-7-20/h10-15,17,20H,2-9,16,18H2,1H3. The Bertz CT molecular complexity index is 1070. The zero-order valence-corrected chi connectivity index (χ0v) is 20.6. The van der Waals surface area contributed by atoms with Crippen LogP contribution in [-0.2, 0) is 21.1 Å². The highest BCUT2D eigenvalue weighted by atomic mass is 35.5. The number of carbonyl (C=O) groups excluding carboxylic acids is 2. The van der Waals surface area contributed by atoms with E-state index < -0.39 is 15.6 Å². The molecule has 33 heavy (non-hydrogen) atoms. The maximum absolute atomic E-state index is 12.7. The average molecular weight is 491 g/mol. The summed E-state index contributed by atoms with van der Waals surface area (Å²) in [7, 11) is -2.13. The van der Waals surface area contributed by atoms with Crippen LogP contribution >= 0.6 is 11.6 Å². The summed E-state index contributed by atoms with van der Waals surface area (Å²) in [5.74, 6) is 0.153. The van der Waals surface area contributed by atoms with Gasteiger partial charge in [0.25, 0.3) is 0 Å². The van der Waals surface area contributed by atoms with Crippen molar-refractivity contribution < 1.29 is 22.7 Å². The van der Waals surface area contributed by atoms with Crippen LogP contribution in [0.15, 0.2) is 47.4 Å². The summed E-state index contributed by atoms with van der Waals surface area (Å²) >= 11 is 6.00. The molecule has 0 unspecified atom stereocenters. The van der Waals surface area contributed by atoms with Crippen LogP contribution in [0.1, 0.15) is 67.3 Å². The van der Waals surface area contributed by atoms with Gasteiger partial charge in [-0.15, -0.1) is 0 Å². The first-order valence-corrected chi connectivity index (χ1v) is 13.5. The summed E-state index contributed by atoms with van der Waals surface area (Å²) in [6, 6.07) is 11.6. The molecule has 0 saturated heterocycles. The first-order valence-electron chi connectivity index (χ1n) is 11.5. The molecule has 3 rings (SSSR count). The van der Waals surface area contributed by atoms with E-state index in [4.69, 9.17) is 16.3 Å². The fourth-order valence-electron chi connectivity index (χ4n) is 4.42. The number of halogens is 1. The predicted octanol–water partition coefficient (Wildman–Crippen LogP) is 5.87. The number of ketones is 2. The van der Waals surface area contributed by atoms with E-state index in [1.54, 1.807) is 42.5 Å². The van der Waals surface area contributed by atoms with Gasteiger partial charge in [-0.3, -0.25) is 9.59 Å². The Morgan fingerprint density at radius 2 is 1.73 bits per heavy atom. The van der Waals surface area contributed by atoms with E-state index in [-0.39, 0.29) is 16.5 Å². The Kier molecular flexibility index (Phi) is 9.10. The zero-order chi connectivity index (χ0) is 23.8. The molecule has 0 bridgehead atoms. The van der Waals surface area contributed by atoms with Crippen molar-refractivity contribution >= 4 is 33.0 Å². The van der Waals surface area contributed by atoms with Crippen LogP contribution in [0.4, 0.5) is 0 Å². The van der Waals surface area contributed by atoms with Crippen LogP contribution in [0, 0.1) is 5.92 Å². The number of sulfone groups is 1. The van der Waals surface area contributed by atoms with Crippen LogP contribution < -0.4 is 4.74 Å². The van der Waals surface area contributed by atoms with Gasteiger partial charge in [0.2, 0.25) is 0 Å². The van der Waals surface area contributed by atoms with E-state index in [1.165, 1.54) is 13.5 Å². The van der Waals surface area contributed by atoms with Crippen molar-refractivity contribution in [3.05, 3.63) is 58.6 Å². The maximum Gasteiger partial charge on any atom is 0.185 e. The van der Waals surface area contributed by atoms with E-state index in [2.05, 4.69) is 0 Å². The van der Waals surface area contributed by atoms with Gasteiger partial charge in [0, 0.05) is 17.9 Å². The lowest BCUT2D eigenvalue weighted by molar-refractivity contribution is -0.117. The molecule has 0 radical (unpaired) electrons. The summed E-state index contributed by atoms with van der Waals surface area (Å²) in [6.07, 6.45) is 7.44. The van der Waals surface area contributed by atoms with Gasteiger partial charge in [0.05, 0.1) is 17.6 Å². The summed E-state index contributed by atoms with van der Waals surface area (Å²) in [5.41, 5.74) is 1.40. The van der Waals surface area contributed by atoms with E-state index in [0.717, 1.165) is 31.2 Å². The predicted molar refractivity (Wildman–Crippen MR) is 130 cm³/mol. The lowest BCUT2D eigenvalue weighted by atomic mass is 9.86. The summed E-state index contributed by atoms with van der Waals surface area (Å²) in [4.78, 5) is 25.0. The molecule has 0 spiro atoms. The second-order valence-electron chi connectivity index (χ2n) is 8.77. The lowest BCUT2D eigenvalue weighted by Gasteiger charge is -2.20. The number of rotatable bonds is 11. The monoisotopic (exact) mass is 490 g/mol. The number of Topliss-reactive ketones (excluding diaryl/α,β-unsaturated/α-hetero) is 2. The SMILES string of the molecule is COc1ccc(Cl)cc1C(=O)CCCc1ccc(S(=O)(=O)CC(=O)CC2CCCCC2)cc1. The Morgan fingerprint density at radius 3 is 2.39 bits per heavy atom. The maximum atomic E-state index is 12.7. The normalized spacial score (nSPS) is 14.7. The molecule has 1 fully saturated rings. The Hall–Kier alpha value is -2.18. The highest BCUT2D eigenvalue weighted by Crippen LogP contribution is 2.27. The van der Waals surface area contributed by atoms with E-state index in [1.807, 2.05) is 0 Å². The number of hydrogen-bond acceptors (Lipinski definition) is 5. The molecule has 0 amide bonds. The van der Waals surface area contributed by atoms with Crippen LogP contribution in [0.5, 0.6) is 5.75 Å². The van der Waals surface area contributed by atoms with Gasteiger partial charge in [-0.25, -0.2) is 8.42 Å². The second-order valence-corrected chi connectivity index (χ2v) is 11.2. The third-order valence-electron chi connectivity index (χ3n) is 6.21. The lowest BCUT2D eigenvalue weighted by Crippen LogP contribution is -2.20. The van der Waals surface area contributed by atoms with E-state index >= 15 is 0 Å². The van der Waals surface area contributed by atoms with Crippen molar-refractivity contribution in [1.29, 1.82) is 0 Å². The molecule has 0 heterocycles. The average Bonchev–Trinajstić information content (AvgIpc) is 2.79. The molecular weight excluding hydrogens is 460 g/mol. The molecule has 0 atom stereocenters. The smallest absolute Gasteiger partial charge is 0.185 e. The van der Waals surface area contributed by atoms with Gasteiger partial charge >= 0.3 is 0 Å². The topological polar surface area (TPSA) is 77.5 Å². The minimum absolute atomic E-state index is 0.0509. The number of aryl methyl sites for hydroxylation is 1. The highest BCUT2D eigenvalue weighted by Gasteiger charge is 2.23. The van der Waals surface area contributed by atoms with Crippen molar-refractivity contribution in [3.63, 3.8) is 0 Å². The van der Waals surface area contributed by atoms with Gasteiger partial charge in [0.15, 0.2) is 15.6 Å². The molecule has 0 aromatic heterocycles. The molecular formula is C26H31ClO5S. The minimum atomic E-state index is -3.64. The van der Waals surface area contributed by atoms with Crippen molar-refractivity contribution in [1.82, 2.24) is 0 Å². The summed E-state index contributed by atoms with van der Waals surface area (Å²) in [5, 5.41) is 0.480. The van der Waals surface area contributed by atoms with Gasteiger partial charge < -0.3 is 4.74 Å². The Labute approximate surface area is 201 Å². The van der Waals surface area contributed by atoms with Crippen LogP contribution in [0.25, 0.3) is 0 Å². The number of ether oxygens (including phenoxy) is 1. The fourth-order valence-corrected chi connectivity index (χ4v) is 5.85. The first kappa shape index (κ1) is 25.4. The third kappa shape index (κ3) is 7.41. The summed E-state index contributed by atoms with van der Waals surface area (Å²) in [6.45, 7) is 0. The molecule has 2 aromatic carbocycles. The van der Waals surface area contributed by atoms with Crippen LogP contribution in [0.3, 0.4) is 0 Å². The third-order valence-corrected chi connectivity index (χ3v) is 8.13. The fraction of sp³-hybridized carbons (Fsp3) is 0.462. The van der Waals surface area contributed by atoms with Gasteiger partial charge in [0.1, 0.15) is 17.3 Å². The number of benzene rings is 2. The van der Waals surface area contributed by atoms with E-state index in [9.17, 15) is 18.0 Å². The van der Waals surface area contributed by atoms with Gasteiger partial charge in [-0.2, -0.15) is 0 Å². The quantitative estimate of drug-likeness (QED) is 0.368. The Morgan fingerprint density at radius 1 is 1.03 bits per heavy atom. The molecule has 1 saturated carbocycles. The Balaban J connectivity index is 1.51. The van der Waals surface area contributed by atoms with Crippen LogP contribution in [0.2, 0.25) is 5.02 Å². The minimum Gasteiger partial charge on any atom is -0.496 e. The molecule has 178 valence electrons. The van der Waals surface area contributed by atoms with Crippen molar-refractivity contribution in [2.45, 2.75) is 62.7 Å². The summed E-state index contributed by atoms with van der Waals surface area (Å²) < 4.78 is 30.6. The number of carbonyl (C=O) groups is 2. The molecule has 1 aliphatic carbocycles. The number of hydrogen-bond donors (Lipinski definition) is 0. The molecule has 1 aliphatic rings. The molecule has 0 aliphatic heterocycles. The molecule has 7 heteroatoms. The largest absolute Gasteiger partial charge is 0.496 e. The molecule has 5 nitrogen and oxygen atoms in total. The van der Waals surface area contributed by atoms with Crippen LogP contribution in [-0.4, -0.2) is 32.8 Å². The van der Waals surface area contributed by atoms with Gasteiger partial charge in [-0.1, -0.05) is 55.8 Å². The number of methoxy groups -OCH3 is 1. The molecule has 0 N–H and O–H groups in total. The van der Waals surface area contributed by atoms with E-state index in [0.29, 0.717) is 47.9 Å². The van der Waals surface area contributed by atoms with Crippen molar-refractivity contribution in [2.75, 3.05) is 12.9 Å². The molecule has 2 aromatic rings. The van der Waals surface area contributed by atoms with Crippen molar-refractivity contribution in [3.8, 4) is 5.75 Å². The van der Waals surface area contributed by atoms with Crippen molar-refractivity contribution in [2.24, 2.45) is 5.92 Å².